The molecule has 3 aromatic rings. The number of aryl methyl sites for hydroxylation is 1. The molecule has 6 heteroatoms. The molecule has 1 N–H and O–H groups in total. The van der Waals surface area contributed by atoms with E-state index in [1.807, 2.05) is 43.3 Å². The molecule has 1 amide bonds. The molecule has 0 aliphatic carbocycles. The largest absolute Gasteiger partial charge is 0.489 e. The predicted octanol–water partition coefficient (Wildman–Crippen LogP) is 4.12. The Bertz CT molecular complexity index is 1020. The normalized spacial score (nSPS) is 10.6. The van der Waals surface area contributed by atoms with Gasteiger partial charge in [0.25, 0.3) is 5.91 Å². The lowest BCUT2D eigenvalue weighted by atomic mass is 10.1. The third kappa shape index (κ3) is 5.78. The van der Waals surface area contributed by atoms with E-state index in [4.69, 9.17) is 4.74 Å². The third-order valence-electron chi connectivity index (χ3n) is 4.35. The summed E-state index contributed by atoms with van der Waals surface area (Å²) >= 11 is 0. The Kier molecular flexibility index (Phi) is 6.95. The van der Waals surface area contributed by atoms with Gasteiger partial charge in [-0.05, 0) is 54.4 Å². The molecule has 0 bridgehead atoms. The molecule has 0 unspecified atom stereocenters. The van der Waals surface area contributed by atoms with Crippen LogP contribution in [0.1, 0.15) is 37.4 Å². The summed E-state index contributed by atoms with van der Waals surface area (Å²) in [5, 5.41) is 3.95. The molecule has 0 radical (unpaired) electrons. The van der Waals surface area contributed by atoms with Crippen molar-refractivity contribution in [2.75, 3.05) is 7.11 Å². The number of carbonyl (C=O) groups is 2. The SMILES string of the molecule is COC(=O)c1ccc(/C=N/NC(=O)c2ccc(COc3ccc(C)cc3)cc2)cc1. The van der Waals surface area contributed by atoms with Crippen molar-refractivity contribution < 1.29 is 19.1 Å². The van der Waals surface area contributed by atoms with Crippen LogP contribution in [-0.2, 0) is 11.3 Å². The summed E-state index contributed by atoms with van der Waals surface area (Å²) in [6.07, 6.45) is 1.50. The first-order valence-electron chi connectivity index (χ1n) is 9.35. The summed E-state index contributed by atoms with van der Waals surface area (Å²) in [6, 6.07) is 21.7. The molecule has 0 spiro atoms. The first kappa shape index (κ1) is 20.8. The molecule has 0 aliphatic rings. The van der Waals surface area contributed by atoms with Crippen LogP contribution in [0.5, 0.6) is 5.75 Å². The Balaban J connectivity index is 1.51. The van der Waals surface area contributed by atoms with E-state index in [9.17, 15) is 9.59 Å². The van der Waals surface area contributed by atoms with Gasteiger partial charge in [0.15, 0.2) is 0 Å². The average Bonchev–Trinajstić information content (AvgIpc) is 2.79. The Labute approximate surface area is 175 Å². The molecule has 0 saturated heterocycles. The van der Waals surface area contributed by atoms with Gasteiger partial charge in [0.05, 0.1) is 18.9 Å². The fourth-order valence-electron chi connectivity index (χ4n) is 2.61. The second-order valence-corrected chi connectivity index (χ2v) is 6.61. The van der Waals surface area contributed by atoms with Crippen molar-refractivity contribution in [3.8, 4) is 5.75 Å². The maximum absolute atomic E-state index is 12.2. The molecule has 0 saturated carbocycles. The number of esters is 1. The zero-order valence-electron chi connectivity index (χ0n) is 16.8. The van der Waals surface area contributed by atoms with Gasteiger partial charge in [-0.15, -0.1) is 0 Å². The number of amides is 1. The van der Waals surface area contributed by atoms with Crippen LogP contribution in [0.4, 0.5) is 0 Å². The van der Waals surface area contributed by atoms with Gasteiger partial charge in [0, 0.05) is 5.56 Å². The monoisotopic (exact) mass is 402 g/mol. The Morgan fingerprint density at radius 2 is 1.53 bits per heavy atom. The lowest BCUT2D eigenvalue weighted by Crippen LogP contribution is -2.17. The quantitative estimate of drug-likeness (QED) is 0.366. The van der Waals surface area contributed by atoms with Crippen molar-refractivity contribution in [3.63, 3.8) is 0 Å². The van der Waals surface area contributed by atoms with Crippen molar-refractivity contribution >= 4 is 18.1 Å². The number of hydrogen-bond acceptors (Lipinski definition) is 5. The number of carbonyl (C=O) groups excluding carboxylic acids is 2. The zero-order valence-corrected chi connectivity index (χ0v) is 16.8. The highest BCUT2D eigenvalue weighted by molar-refractivity contribution is 5.95. The van der Waals surface area contributed by atoms with E-state index in [0.717, 1.165) is 16.9 Å². The summed E-state index contributed by atoms with van der Waals surface area (Å²) < 4.78 is 10.4. The number of rotatable bonds is 7. The third-order valence-corrected chi connectivity index (χ3v) is 4.35. The second kappa shape index (κ2) is 10.0. The van der Waals surface area contributed by atoms with Crippen molar-refractivity contribution in [2.45, 2.75) is 13.5 Å². The molecular formula is C24H22N2O4. The molecule has 0 heterocycles. The van der Waals surface area contributed by atoms with Crippen LogP contribution in [0.15, 0.2) is 77.9 Å². The van der Waals surface area contributed by atoms with Crippen molar-refractivity contribution in [1.29, 1.82) is 0 Å². The summed E-state index contributed by atoms with van der Waals surface area (Å²) in [5.74, 6) is 0.0827. The van der Waals surface area contributed by atoms with Gasteiger partial charge in [0.1, 0.15) is 12.4 Å². The van der Waals surface area contributed by atoms with Crippen LogP contribution in [0.3, 0.4) is 0 Å². The molecule has 3 rings (SSSR count). The highest BCUT2D eigenvalue weighted by Gasteiger charge is 2.05. The molecule has 152 valence electrons. The van der Waals surface area contributed by atoms with Gasteiger partial charge in [0.2, 0.25) is 0 Å². The maximum Gasteiger partial charge on any atom is 0.337 e. The van der Waals surface area contributed by atoms with Crippen molar-refractivity contribution in [2.24, 2.45) is 5.10 Å². The summed E-state index contributed by atoms with van der Waals surface area (Å²) in [7, 11) is 1.33. The number of benzene rings is 3. The summed E-state index contributed by atoms with van der Waals surface area (Å²) in [5.41, 5.74) is 6.31. The molecule has 30 heavy (non-hydrogen) atoms. The molecule has 0 aliphatic heterocycles. The van der Waals surface area contributed by atoms with Gasteiger partial charge in [-0.3, -0.25) is 4.79 Å². The zero-order chi connectivity index (χ0) is 21.3. The Morgan fingerprint density at radius 3 is 2.17 bits per heavy atom. The molecule has 6 nitrogen and oxygen atoms in total. The standard InChI is InChI=1S/C24H22N2O4/c1-17-3-13-22(14-4-17)30-16-19-7-9-20(10-8-19)23(27)26-25-15-18-5-11-21(12-6-18)24(28)29-2/h3-15H,16H2,1-2H3,(H,26,27)/b25-15+. The fraction of sp³-hybridized carbons (Fsp3) is 0.125. The lowest BCUT2D eigenvalue weighted by molar-refractivity contribution is 0.0600. The van der Waals surface area contributed by atoms with E-state index in [1.54, 1.807) is 36.4 Å². The molecular weight excluding hydrogens is 380 g/mol. The predicted molar refractivity (Wildman–Crippen MR) is 115 cm³/mol. The summed E-state index contributed by atoms with van der Waals surface area (Å²) in [4.78, 5) is 23.6. The first-order valence-corrected chi connectivity index (χ1v) is 9.35. The van der Waals surface area contributed by atoms with Gasteiger partial charge >= 0.3 is 5.97 Å². The van der Waals surface area contributed by atoms with Gasteiger partial charge in [-0.25, -0.2) is 10.2 Å². The van der Waals surface area contributed by atoms with Crippen LogP contribution < -0.4 is 10.2 Å². The number of methoxy groups -OCH3 is 1. The Morgan fingerprint density at radius 1 is 0.900 bits per heavy atom. The number of hydrogen-bond donors (Lipinski definition) is 1. The lowest BCUT2D eigenvalue weighted by Gasteiger charge is -2.07. The topological polar surface area (TPSA) is 77.0 Å². The van der Waals surface area contributed by atoms with Crippen LogP contribution in [-0.4, -0.2) is 25.2 Å². The van der Waals surface area contributed by atoms with E-state index in [2.05, 4.69) is 15.3 Å². The smallest absolute Gasteiger partial charge is 0.337 e. The van der Waals surface area contributed by atoms with Crippen molar-refractivity contribution in [1.82, 2.24) is 5.43 Å². The van der Waals surface area contributed by atoms with Gasteiger partial charge in [-0.1, -0.05) is 42.0 Å². The minimum absolute atomic E-state index is 0.316. The van der Waals surface area contributed by atoms with Crippen LogP contribution >= 0.6 is 0 Å². The van der Waals surface area contributed by atoms with E-state index in [0.29, 0.717) is 17.7 Å². The highest BCUT2D eigenvalue weighted by Crippen LogP contribution is 2.14. The van der Waals surface area contributed by atoms with Gasteiger partial charge in [-0.2, -0.15) is 5.10 Å². The van der Waals surface area contributed by atoms with Crippen LogP contribution in [0.2, 0.25) is 0 Å². The van der Waals surface area contributed by atoms with Crippen molar-refractivity contribution in [3.05, 3.63) is 101 Å². The number of hydrazone groups is 1. The molecule has 0 aromatic heterocycles. The fourth-order valence-corrected chi connectivity index (χ4v) is 2.61. The highest BCUT2D eigenvalue weighted by atomic mass is 16.5. The number of ether oxygens (including phenoxy) is 2. The minimum Gasteiger partial charge on any atom is -0.489 e. The maximum atomic E-state index is 12.2. The second-order valence-electron chi connectivity index (χ2n) is 6.61. The summed E-state index contributed by atoms with van der Waals surface area (Å²) in [6.45, 7) is 2.45. The van der Waals surface area contributed by atoms with E-state index in [1.165, 1.54) is 18.9 Å². The minimum atomic E-state index is -0.403. The van der Waals surface area contributed by atoms with E-state index in [-0.39, 0.29) is 5.91 Å². The van der Waals surface area contributed by atoms with Gasteiger partial charge < -0.3 is 9.47 Å². The Hall–Kier alpha value is -3.93. The number of nitrogens with zero attached hydrogens (tertiary/aromatic N) is 1. The number of nitrogens with one attached hydrogen (secondary N) is 1. The first-order chi connectivity index (χ1) is 14.5. The average molecular weight is 402 g/mol. The van der Waals surface area contributed by atoms with E-state index < -0.39 is 5.97 Å². The molecule has 3 aromatic carbocycles. The van der Waals surface area contributed by atoms with Crippen LogP contribution in [0.25, 0.3) is 0 Å². The molecule has 0 atom stereocenters. The molecule has 0 fully saturated rings. The van der Waals surface area contributed by atoms with E-state index >= 15 is 0 Å². The van der Waals surface area contributed by atoms with Crippen LogP contribution in [0, 0.1) is 6.92 Å².